The third-order valence-electron chi connectivity index (χ3n) is 4.45. The molecule has 5 rings (SSSR count). The summed E-state index contributed by atoms with van der Waals surface area (Å²) in [5.41, 5.74) is 2.37. The molecule has 0 aromatic carbocycles. The number of hydrogen-bond donors (Lipinski definition) is 0. The maximum absolute atomic E-state index is 4.51. The van der Waals surface area contributed by atoms with Gasteiger partial charge in [0.1, 0.15) is 11.2 Å². The SMILES string of the molecule is CSc1nnc2n3ncnc3c3c4c(sc3n12)CCC(C)C4. The molecule has 8 heteroatoms. The zero-order valence-corrected chi connectivity index (χ0v) is 13.9. The molecule has 0 radical (unpaired) electrons. The van der Waals surface area contributed by atoms with Gasteiger partial charge in [0.25, 0.3) is 5.78 Å². The number of nitrogens with zero attached hydrogens (tertiary/aromatic N) is 6. The molecule has 0 spiro atoms. The minimum absolute atomic E-state index is 0.727. The number of thioether (sulfide) groups is 1. The van der Waals surface area contributed by atoms with Crippen molar-refractivity contribution in [1.29, 1.82) is 0 Å². The van der Waals surface area contributed by atoms with Crippen molar-refractivity contribution in [1.82, 2.24) is 29.2 Å². The Morgan fingerprint density at radius 1 is 1.36 bits per heavy atom. The Balaban J connectivity index is 2.05. The number of aromatic nitrogens is 6. The van der Waals surface area contributed by atoms with Crippen molar-refractivity contribution in [3.63, 3.8) is 0 Å². The number of rotatable bonds is 1. The van der Waals surface area contributed by atoms with Gasteiger partial charge in [0.2, 0.25) is 0 Å². The molecule has 4 aromatic rings. The Morgan fingerprint density at radius 2 is 2.27 bits per heavy atom. The van der Waals surface area contributed by atoms with Crippen molar-refractivity contribution in [2.75, 3.05) is 6.26 Å². The van der Waals surface area contributed by atoms with Gasteiger partial charge >= 0.3 is 0 Å². The average Bonchev–Trinajstić information content (AvgIpc) is 3.21. The maximum atomic E-state index is 4.51. The van der Waals surface area contributed by atoms with Crippen LogP contribution in [0.15, 0.2) is 11.5 Å². The van der Waals surface area contributed by atoms with E-state index < -0.39 is 0 Å². The van der Waals surface area contributed by atoms with E-state index in [1.807, 2.05) is 22.1 Å². The number of thiophene rings is 1. The fourth-order valence-corrected chi connectivity index (χ4v) is 5.27. The summed E-state index contributed by atoms with van der Waals surface area (Å²) >= 11 is 3.48. The van der Waals surface area contributed by atoms with Crippen molar-refractivity contribution in [3.05, 3.63) is 16.8 Å². The second kappa shape index (κ2) is 4.42. The van der Waals surface area contributed by atoms with Gasteiger partial charge in [0, 0.05) is 4.88 Å². The van der Waals surface area contributed by atoms with Crippen LogP contribution in [-0.4, -0.2) is 35.5 Å². The first-order chi connectivity index (χ1) is 10.8. The predicted octanol–water partition coefficient (Wildman–Crippen LogP) is 2.83. The Hall–Kier alpha value is -1.67. The van der Waals surface area contributed by atoms with E-state index in [0.29, 0.717) is 0 Å². The molecule has 0 bridgehead atoms. The van der Waals surface area contributed by atoms with Gasteiger partial charge in [-0.05, 0) is 37.0 Å². The first-order valence-electron chi connectivity index (χ1n) is 7.33. The van der Waals surface area contributed by atoms with Crippen LogP contribution in [0.4, 0.5) is 0 Å². The summed E-state index contributed by atoms with van der Waals surface area (Å²) in [6.45, 7) is 2.33. The molecule has 1 aliphatic rings. The minimum atomic E-state index is 0.727. The van der Waals surface area contributed by atoms with E-state index in [1.54, 1.807) is 18.1 Å². The third-order valence-corrected chi connectivity index (χ3v) is 6.36. The van der Waals surface area contributed by atoms with E-state index in [0.717, 1.165) is 35.3 Å². The molecular formula is C14H14N6S2. The lowest BCUT2D eigenvalue weighted by molar-refractivity contribution is 0.508. The molecule has 1 aliphatic carbocycles. The summed E-state index contributed by atoms with van der Waals surface area (Å²) < 4.78 is 3.96. The quantitative estimate of drug-likeness (QED) is 0.502. The summed E-state index contributed by atoms with van der Waals surface area (Å²) in [4.78, 5) is 7.21. The van der Waals surface area contributed by atoms with E-state index in [1.165, 1.54) is 27.1 Å². The van der Waals surface area contributed by atoms with Crippen molar-refractivity contribution in [2.45, 2.75) is 31.3 Å². The lowest BCUT2D eigenvalue weighted by Gasteiger charge is -2.17. The summed E-state index contributed by atoms with van der Waals surface area (Å²) in [6, 6.07) is 0. The fourth-order valence-electron chi connectivity index (χ4n) is 3.40. The zero-order valence-electron chi connectivity index (χ0n) is 12.3. The van der Waals surface area contributed by atoms with Crippen LogP contribution in [0.2, 0.25) is 0 Å². The Bertz CT molecular complexity index is 1030. The van der Waals surface area contributed by atoms with Gasteiger partial charge in [-0.1, -0.05) is 18.7 Å². The van der Waals surface area contributed by atoms with Crippen LogP contribution >= 0.6 is 23.1 Å². The minimum Gasteiger partial charge on any atom is -0.244 e. The monoisotopic (exact) mass is 330 g/mol. The molecule has 1 unspecified atom stereocenters. The lowest BCUT2D eigenvalue weighted by Crippen LogP contribution is -2.09. The molecule has 6 nitrogen and oxygen atoms in total. The molecule has 0 amide bonds. The molecule has 112 valence electrons. The molecule has 0 N–H and O–H groups in total. The van der Waals surface area contributed by atoms with Gasteiger partial charge in [-0.25, -0.2) is 9.38 Å². The van der Waals surface area contributed by atoms with Crippen molar-refractivity contribution in [3.8, 4) is 0 Å². The first kappa shape index (κ1) is 12.8. The van der Waals surface area contributed by atoms with Crippen LogP contribution in [0, 0.1) is 5.92 Å². The predicted molar refractivity (Wildman–Crippen MR) is 87.9 cm³/mol. The topological polar surface area (TPSA) is 60.4 Å². The summed E-state index contributed by atoms with van der Waals surface area (Å²) in [5.74, 6) is 1.47. The van der Waals surface area contributed by atoms with Gasteiger partial charge in [-0.15, -0.1) is 21.5 Å². The Morgan fingerprint density at radius 3 is 3.14 bits per heavy atom. The van der Waals surface area contributed by atoms with E-state index in [9.17, 15) is 0 Å². The molecule has 22 heavy (non-hydrogen) atoms. The standard InChI is InChI=1S/C14H14N6S2/c1-7-3-4-9-8(5-7)10-11-15-6-16-20(11)13-17-18-14(21-2)19(13)12(10)22-9/h6-7H,3-5H2,1-2H3. The van der Waals surface area contributed by atoms with Crippen LogP contribution in [0.1, 0.15) is 23.8 Å². The highest BCUT2D eigenvalue weighted by molar-refractivity contribution is 7.98. The molecule has 4 aromatic heterocycles. The largest absolute Gasteiger partial charge is 0.260 e. The molecule has 4 heterocycles. The second-order valence-electron chi connectivity index (χ2n) is 5.85. The van der Waals surface area contributed by atoms with Gasteiger partial charge in [0.05, 0.1) is 5.39 Å². The zero-order chi connectivity index (χ0) is 14.8. The average molecular weight is 330 g/mol. The summed E-state index contributed by atoms with van der Waals surface area (Å²) in [7, 11) is 0. The van der Waals surface area contributed by atoms with Crippen molar-refractivity contribution >= 4 is 44.7 Å². The van der Waals surface area contributed by atoms with E-state index >= 15 is 0 Å². The molecule has 1 atom stereocenters. The van der Waals surface area contributed by atoms with Crippen LogP contribution in [0.5, 0.6) is 0 Å². The maximum Gasteiger partial charge on any atom is 0.260 e. The fraction of sp³-hybridized carbons (Fsp3) is 0.429. The van der Waals surface area contributed by atoms with Crippen LogP contribution in [0.3, 0.4) is 0 Å². The normalized spacial score (nSPS) is 18.5. The highest BCUT2D eigenvalue weighted by Crippen LogP contribution is 2.40. The molecule has 0 aliphatic heterocycles. The van der Waals surface area contributed by atoms with E-state index in [2.05, 4.69) is 31.6 Å². The summed E-state index contributed by atoms with van der Waals surface area (Å²) in [6.07, 6.45) is 7.19. The first-order valence-corrected chi connectivity index (χ1v) is 9.37. The number of aryl methyl sites for hydroxylation is 1. The van der Waals surface area contributed by atoms with Crippen molar-refractivity contribution < 1.29 is 0 Å². The molecular weight excluding hydrogens is 316 g/mol. The molecule has 0 saturated heterocycles. The van der Waals surface area contributed by atoms with E-state index in [-0.39, 0.29) is 0 Å². The van der Waals surface area contributed by atoms with Gasteiger partial charge in [-0.2, -0.15) is 9.61 Å². The van der Waals surface area contributed by atoms with Gasteiger partial charge < -0.3 is 0 Å². The van der Waals surface area contributed by atoms with Crippen molar-refractivity contribution in [2.24, 2.45) is 5.92 Å². The highest BCUT2D eigenvalue weighted by atomic mass is 32.2. The van der Waals surface area contributed by atoms with Crippen LogP contribution in [0.25, 0.3) is 21.6 Å². The lowest BCUT2D eigenvalue weighted by atomic mass is 9.89. The number of fused-ring (bicyclic) bond motifs is 8. The van der Waals surface area contributed by atoms with Gasteiger partial charge in [0.15, 0.2) is 10.8 Å². The van der Waals surface area contributed by atoms with Crippen LogP contribution in [-0.2, 0) is 12.8 Å². The van der Waals surface area contributed by atoms with E-state index in [4.69, 9.17) is 0 Å². The smallest absolute Gasteiger partial charge is 0.244 e. The number of hydrogen-bond acceptors (Lipinski definition) is 6. The Labute approximate surface area is 134 Å². The second-order valence-corrected chi connectivity index (χ2v) is 7.71. The highest BCUT2D eigenvalue weighted by Gasteiger charge is 2.26. The molecule has 0 saturated carbocycles. The van der Waals surface area contributed by atoms with Crippen LogP contribution < -0.4 is 0 Å². The van der Waals surface area contributed by atoms with Gasteiger partial charge in [-0.3, -0.25) is 0 Å². The third kappa shape index (κ3) is 1.51. The summed E-state index contributed by atoms with van der Waals surface area (Å²) in [5, 5.41) is 15.1. The molecule has 0 fully saturated rings. The Kier molecular flexibility index (Phi) is 2.58.